The van der Waals surface area contributed by atoms with Crippen LogP contribution in [0.4, 0.5) is 0 Å². The predicted octanol–water partition coefficient (Wildman–Crippen LogP) is -3.22. The topological polar surface area (TPSA) is 449 Å². The van der Waals surface area contributed by atoms with Crippen molar-refractivity contribution < 1.29 is 84.3 Å². The summed E-state index contributed by atoms with van der Waals surface area (Å²) in [5.41, 5.74) is 11.5. The Kier molecular flexibility index (Phi) is 29.9. The summed E-state index contributed by atoms with van der Waals surface area (Å²) in [7, 11) is 0. The van der Waals surface area contributed by atoms with Gasteiger partial charge in [0, 0.05) is 52.4 Å². The molecule has 7 amide bonds. The molecular weight excluding hydrogens is 1060 g/mol. The van der Waals surface area contributed by atoms with Crippen LogP contribution in [0.15, 0.2) is 24.3 Å². The zero-order valence-electron chi connectivity index (χ0n) is 47.3. The van der Waals surface area contributed by atoms with Crippen LogP contribution in [0.25, 0.3) is 0 Å². The van der Waals surface area contributed by atoms with Gasteiger partial charge in [0.1, 0.15) is 60.4 Å². The third-order valence-corrected chi connectivity index (χ3v) is 14.9. The van der Waals surface area contributed by atoms with Crippen molar-refractivity contribution in [2.75, 3.05) is 32.7 Å². The number of hydrogen-bond donors (Lipinski definition) is 17. The smallest absolute Gasteiger partial charge is 0.300 e. The van der Waals surface area contributed by atoms with Gasteiger partial charge in [-0.1, -0.05) is 77.8 Å². The zero-order valence-corrected chi connectivity index (χ0v) is 47.3. The summed E-state index contributed by atoms with van der Waals surface area (Å²) in [5.74, 6) is -7.27. The molecule has 3 aliphatic rings. The van der Waals surface area contributed by atoms with E-state index in [0.29, 0.717) is 24.7 Å². The summed E-state index contributed by atoms with van der Waals surface area (Å²) < 4.78 is 0. The average Bonchev–Trinajstić information content (AvgIpc) is 4.01. The van der Waals surface area contributed by atoms with Crippen LogP contribution in [-0.4, -0.2) is 215 Å². The average molecular weight is 1150 g/mol. The molecule has 0 spiro atoms. The molecule has 0 bridgehead atoms. The van der Waals surface area contributed by atoms with Gasteiger partial charge in [0.2, 0.25) is 41.4 Å². The molecule has 3 aliphatic heterocycles. The molecule has 8 unspecified atom stereocenters. The van der Waals surface area contributed by atoms with E-state index >= 15 is 0 Å². The van der Waals surface area contributed by atoms with Crippen LogP contribution in [0, 0.1) is 11.8 Å². The lowest BCUT2D eigenvalue weighted by molar-refractivity contribution is -0.148. The second-order valence-corrected chi connectivity index (χ2v) is 21.8. The number of rotatable bonds is 23. The number of nitrogens with two attached hydrogens (primary N) is 2. The van der Waals surface area contributed by atoms with Crippen LogP contribution >= 0.6 is 0 Å². The van der Waals surface area contributed by atoms with Gasteiger partial charge in [-0.15, -0.1) is 0 Å². The van der Waals surface area contributed by atoms with Gasteiger partial charge in [-0.25, -0.2) is 0 Å². The molecule has 16 atom stereocenters. The lowest BCUT2D eigenvalue weighted by Crippen LogP contribution is -2.65. The third kappa shape index (κ3) is 21.9. The monoisotopic (exact) mass is 1150 g/mol. The van der Waals surface area contributed by atoms with Gasteiger partial charge in [0.05, 0.1) is 30.5 Å². The largest absolute Gasteiger partial charge is 0.508 e. The fourth-order valence-electron chi connectivity index (χ4n) is 10.2. The van der Waals surface area contributed by atoms with Gasteiger partial charge in [0.15, 0.2) is 0 Å². The lowest BCUT2D eigenvalue weighted by Gasteiger charge is -2.35. The van der Waals surface area contributed by atoms with Gasteiger partial charge >= 0.3 is 0 Å². The number of aliphatic hydroxyl groups is 7. The lowest BCUT2D eigenvalue weighted by atomic mass is 9.91. The van der Waals surface area contributed by atoms with Gasteiger partial charge in [0.25, 0.3) is 5.97 Å². The van der Waals surface area contributed by atoms with Gasteiger partial charge in [-0.05, 0) is 68.7 Å². The van der Waals surface area contributed by atoms with Crippen LogP contribution in [0.5, 0.6) is 5.75 Å². The number of unbranched alkanes of at least 4 members (excludes halogenated alkanes) is 5. The molecule has 4 rings (SSSR count). The van der Waals surface area contributed by atoms with E-state index in [1.807, 2.05) is 0 Å². The molecule has 27 heteroatoms. The number of benzene rings is 1. The van der Waals surface area contributed by atoms with Crippen LogP contribution in [0.3, 0.4) is 0 Å². The van der Waals surface area contributed by atoms with Crippen molar-refractivity contribution in [3.63, 3.8) is 0 Å². The maximum absolute atomic E-state index is 14.6. The number of amides is 7. The number of aliphatic carboxylic acids is 1. The Morgan fingerprint density at radius 1 is 0.716 bits per heavy atom. The maximum atomic E-state index is 14.6. The minimum absolute atomic E-state index is 0.0257. The highest BCUT2D eigenvalue weighted by Gasteiger charge is 2.49. The maximum Gasteiger partial charge on any atom is 0.300 e. The molecule has 27 nitrogen and oxygen atoms in total. The van der Waals surface area contributed by atoms with Crippen LogP contribution < -0.4 is 43.4 Å². The highest BCUT2D eigenvalue weighted by atomic mass is 16.4. The number of carbonyl (C=O) groups is 8. The number of carbonyl (C=O) groups excluding carboxylic acids is 7. The molecule has 1 aromatic rings. The second-order valence-electron chi connectivity index (χ2n) is 21.8. The van der Waals surface area contributed by atoms with E-state index in [1.54, 1.807) is 0 Å². The molecule has 0 saturated carbocycles. The number of nitrogens with one attached hydrogen (secondary N) is 6. The van der Waals surface area contributed by atoms with Crippen molar-refractivity contribution in [3.8, 4) is 5.75 Å². The van der Waals surface area contributed by atoms with Gasteiger partial charge in [-0.2, -0.15) is 0 Å². The Labute approximate surface area is 473 Å². The fraction of sp³-hybridized carbons (Fsp3) is 0.741. The first-order valence-corrected chi connectivity index (χ1v) is 28.3. The van der Waals surface area contributed by atoms with E-state index in [0.717, 1.165) is 62.2 Å². The number of aliphatic hydroxyl groups excluding tert-OH is 7. The summed E-state index contributed by atoms with van der Waals surface area (Å²) in [4.78, 5) is 111. The van der Waals surface area contributed by atoms with Crippen molar-refractivity contribution >= 4 is 47.3 Å². The highest BCUT2D eigenvalue weighted by Crippen LogP contribution is 2.27. The number of phenolic OH excluding ortho intramolecular Hbond substituents is 1. The van der Waals surface area contributed by atoms with Crippen molar-refractivity contribution in [2.45, 2.75) is 210 Å². The van der Waals surface area contributed by atoms with E-state index in [1.165, 1.54) is 30.7 Å². The molecule has 460 valence electrons. The Hall–Kier alpha value is -5.62. The summed E-state index contributed by atoms with van der Waals surface area (Å²) in [6.45, 7) is 7.82. The summed E-state index contributed by atoms with van der Waals surface area (Å²) in [5, 5.41) is 112. The van der Waals surface area contributed by atoms with Crippen LogP contribution in [0.1, 0.15) is 136 Å². The number of hydrogen-bond acceptors (Lipinski definition) is 19. The summed E-state index contributed by atoms with van der Waals surface area (Å²) in [6, 6.07) is -6.40. The number of carboxylic acid groups (broad SMARTS) is 1. The van der Waals surface area contributed by atoms with Crippen molar-refractivity contribution in [2.24, 2.45) is 23.3 Å². The van der Waals surface area contributed by atoms with Gasteiger partial charge < -0.3 is 93.8 Å². The van der Waals surface area contributed by atoms with Crippen LogP contribution in [-0.2, 0) is 38.4 Å². The number of phenols is 1. The minimum Gasteiger partial charge on any atom is -0.508 e. The SMILES string of the molecule is CC(=O)O.CCC(C)CC(C)CCCCCCCCC(=O)NC1C[C@H](O)[C@@H](NCCN)NC(=O)C2[C@@H](O)CCN2C(=O)C([C@H](O)CCN)NC(=O)C([C@H](O)[C@@H](O)c2ccc(O)cc2)NC(=O)C2C[C@@H](O)CN2C(=O)C([C@@H](C)O)NC1=O. The molecular formula is C54H92N10O17. The molecule has 0 aliphatic carbocycles. The Morgan fingerprint density at radius 3 is 1.91 bits per heavy atom. The quantitative estimate of drug-likeness (QED) is 0.0479. The standard InChI is InChI=1S/C52H88N10O15.C2H4O2/c1-5-28(2)24-29(3)12-10-8-6-7-9-11-13-39(69)56-34-26-38(68)46(55-22-21-54)60-50(75)43-37(67)19-23-61(43)52(77)41(36(66)18-20-53)58-49(74)42(45(71)44(70)31-14-16-32(64)17-15-31)59-48(73)35-25-33(65)27-62(35)51(76)40(30(4)63)57-47(34)72;1-2(3)4/h14-17,28-30,33-38,40-46,55,63-68,70-71H,5-13,18-27,53-54H2,1-4H3,(H,56,69)(H,57,72)(H,58,74)(H,59,73)(H,60,75);1H3,(H,3,4)/t28?,29?,30-,33-,34?,35?,36-,37+,38+,40?,41?,42?,43?,44+,45+,46+;/m1./s1. The number of aromatic hydroxyl groups is 1. The van der Waals surface area contributed by atoms with Crippen molar-refractivity contribution in [1.29, 1.82) is 0 Å². The van der Waals surface area contributed by atoms with E-state index in [2.05, 4.69) is 52.7 Å². The molecule has 1 aromatic carbocycles. The minimum atomic E-state index is -2.28. The molecule has 0 radical (unpaired) electrons. The Morgan fingerprint density at radius 2 is 1.31 bits per heavy atom. The van der Waals surface area contributed by atoms with E-state index in [4.69, 9.17) is 21.4 Å². The molecule has 3 fully saturated rings. The predicted molar refractivity (Wildman–Crippen MR) is 293 cm³/mol. The molecule has 19 N–H and O–H groups in total. The van der Waals surface area contributed by atoms with Crippen molar-refractivity contribution in [3.05, 3.63) is 29.8 Å². The normalized spacial score (nSPS) is 27.5. The third-order valence-electron chi connectivity index (χ3n) is 14.9. The first-order valence-electron chi connectivity index (χ1n) is 28.3. The Bertz CT molecular complexity index is 2180. The molecule has 81 heavy (non-hydrogen) atoms. The van der Waals surface area contributed by atoms with E-state index in [-0.39, 0.29) is 56.8 Å². The Balaban J connectivity index is 0.00000416. The van der Waals surface area contributed by atoms with E-state index < -0.39 is 152 Å². The number of carboxylic acids is 1. The highest BCUT2D eigenvalue weighted by molar-refractivity contribution is 5.98. The molecule has 3 saturated heterocycles. The van der Waals surface area contributed by atoms with Gasteiger partial charge in [-0.3, -0.25) is 43.7 Å². The zero-order chi connectivity index (χ0) is 60.7. The summed E-state index contributed by atoms with van der Waals surface area (Å²) >= 11 is 0. The number of fused-ring (bicyclic) bond motifs is 2. The van der Waals surface area contributed by atoms with E-state index in [9.17, 15) is 74.4 Å². The first kappa shape index (κ1) is 69.6. The first-order chi connectivity index (χ1) is 38.3. The molecule has 0 aromatic heterocycles. The number of nitrogens with zero attached hydrogens (tertiary/aromatic N) is 2. The fourth-order valence-corrected chi connectivity index (χ4v) is 10.2. The second kappa shape index (κ2) is 34.7. The molecule has 3 heterocycles. The van der Waals surface area contributed by atoms with Crippen LogP contribution in [0.2, 0.25) is 0 Å². The van der Waals surface area contributed by atoms with Crippen molar-refractivity contribution in [1.82, 2.24) is 41.7 Å². The summed E-state index contributed by atoms with van der Waals surface area (Å²) in [6.07, 6.45) is -6.95.